The third-order valence-corrected chi connectivity index (χ3v) is 1.80. The van der Waals surface area contributed by atoms with Crippen LogP contribution >= 0.6 is 11.8 Å². The number of hydrogen-bond acceptors (Lipinski definition) is 3. The second-order valence-electron chi connectivity index (χ2n) is 2.43. The maximum Gasteiger partial charge on any atom is 0.321 e. The summed E-state index contributed by atoms with van der Waals surface area (Å²) in [4.78, 5) is 23.3. The molecule has 0 rings (SSSR count). The van der Waals surface area contributed by atoms with Crippen LogP contribution in [0.25, 0.3) is 0 Å². The topological polar surface area (TPSA) is 66.4 Å². The van der Waals surface area contributed by atoms with E-state index >= 15 is 0 Å². The Hall–Kier alpha value is -0.610. The van der Waals surface area contributed by atoms with Crippen molar-refractivity contribution in [2.75, 3.05) is 0 Å². The predicted octanol–water partition coefficient (Wildman–Crippen LogP) is 0.942. The van der Waals surface area contributed by atoms with E-state index < -0.39 is 12.0 Å². The molecule has 0 radical (unpaired) electrons. The maximum absolute atomic E-state index is 10.8. The van der Waals surface area contributed by atoms with Crippen molar-refractivity contribution in [1.29, 1.82) is 0 Å². The molecule has 1 atom stereocenters. The quantitative estimate of drug-likeness (QED) is 0.617. The molecule has 0 saturated carbocycles. The maximum atomic E-state index is 10.8. The number of Topliss-reactive ketones (excluding diaryl/α,β-unsaturated/α-hetero) is 1. The second kappa shape index (κ2) is 5.97. The average Bonchev–Trinajstić information content (AvgIpc) is 2.04. The Morgan fingerprint density at radius 1 is 1.58 bits per heavy atom. The van der Waals surface area contributed by atoms with Crippen LogP contribution in [-0.2, 0) is 9.59 Å². The number of halogens is 1. The SMILES string of the molecule is CCC(=O)CC[C@H](NCl)C(=O)O. The van der Waals surface area contributed by atoms with E-state index in [2.05, 4.69) is 4.84 Å². The minimum Gasteiger partial charge on any atom is -0.480 e. The van der Waals surface area contributed by atoms with Crippen LogP contribution in [0.1, 0.15) is 26.2 Å². The summed E-state index contributed by atoms with van der Waals surface area (Å²) in [7, 11) is 0. The van der Waals surface area contributed by atoms with Gasteiger partial charge < -0.3 is 5.11 Å². The first-order chi connectivity index (χ1) is 5.61. The molecule has 0 aromatic rings. The van der Waals surface area contributed by atoms with Crippen molar-refractivity contribution in [2.24, 2.45) is 0 Å². The summed E-state index contributed by atoms with van der Waals surface area (Å²) in [6.07, 6.45) is 0.938. The minimum atomic E-state index is -1.03. The van der Waals surface area contributed by atoms with Crippen molar-refractivity contribution >= 4 is 23.5 Å². The van der Waals surface area contributed by atoms with Crippen LogP contribution in [0.15, 0.2) is 0 Å². The molecule has 0 heterocycles. The molecule has 0 bridgehead atoms. The van der Waals surface area contributed by atoms with Gasteiger partial charge in [0.05, 0.1) is 0 Å². The van der Waals surface area contributed by atoms with Crippen molar-refractivity contribution in [2.45, 2.75) is 32.2 Å². The number of ketones is 1. The normalized spacial score (nSPS) is 12.5. The van der Waals surface area contributed by atoms with Crippen LogP contribution in [0.3, 0.4) is 0 Å². The molecule has 0 unspecified atom stereocenters. The fraction of sp³-hybridized carbons (Fsp3) is 0.714. The molecule has 0 spiro atoms. The van der Waals surface area contributed by atoms with E-state index in [0.29, 0.717) is 6.42 Å². The molecule has 0 amide bonds. The highest BCUT2D eigenvalue weighted by Gasteiger charge is 2.16. The Morgan fingerprint density at radius 2 is 2.17 bits per heavy atom. The lowest BCUT2D eigenvalue weighted by Crippen LogP contribution is -2.30. The van der Waals surface area contributed by atoms with Gasteiger partial charge in [-0.05, 0) is 18.2 Å². The highest BCUT2D eigenvalue weighted by Crippen LogP contribution is 2.01. The molecule has 0 aliphatic rings. The van der Waals surface area contributed by atoms with E-state index in [9.17, 15) is 9.59 Å². The summed E-state index contributed by atoms with van der Waals surface area (Å²) in [5, 5.41) is 8.50. The first kappa shape index (κ1) is 11.4. The van der Waals surface area contributed by atoms with Crippen LogP contribution in [0.4, 0.5) is 0 Å². The zero-order valence-corrected chi connectivity index (χ0v) is 7.60. The first-order valence-corrected chi connectivity index (χ1v) is 4.10. The molecule has 0 saturated heterocycles. The Balaban J connectivity index is 3.73. The number of hydrogen-bond donors (Lipinski definition) is 2. The highest BCUT2D eigenvalue weighted by molar-refractivity contribution is 6.14. The van der Waals surface area contributed by atoms with Crippen molar-refractivity contribution in [3.05, 3.63) is 0 Å². The van der Waals surface area contributed by atoms with Gasteiger partial charge in [0, 0.05) is 12.8 Å². The molecular weight excluding hydrogens is 182 g/mol. The molecule has 12 heavy (non-hydrogen) atoms. The number of carbonyl (C=O) groups excluding carboxylic acids is 1. The number of carboxylic acids is 1. The third-order valence-electron chi connectivity index (χ3n) is 1.54. The second-order valence-corrected chi connectivity index (χ2v) is 2.65. The molecule has 70 valence electrons. The van der Waals surface area contributed by atoms with E-state index in [1.165, 1.54) is 0 Å². The number of carboxylic acid groups (broad SMARTS) is 1. The third kappa shape index (κ3) is 4.31. The molecule has 0 aliphatic carbocycles. The summed E-state index contributed by atoms with van der Waals surface area (Å²) in [5.41, 5.74) is 0. The van der Waals surface area contributed by atoms with Gasteiger partial charge in [0.1, 0.15) is 11.8 Å². The monoisotopic (exact) mass is 193 g/mol. The number of nitrogens with one attached hydrogen (secondary N) is 1. The lowest BCUT2D eigenvalue weighted by molar-refractivity contribution is -0.139. The molecule has 0 aliphatic heterocycles. The van der Waals surface area contributed by atoms with Gasteiger partial charge >= 0.3 is 5.97 Å². The fourth-order valence-corrected chi connectivity index (χ4v) is 0.909. The van der Waals surface area contributed by atoms with Gasteiger partial charge in [0.2, 0.25) is 0 Å². The predicted molar refractivity (Wildman–Crippen MR) is 44.9 cm³/mol. The molecule has 5 heteroatoms. The minimum absolute atomic E-state index is 0.0492. The van der Waals surface area contributed by atoms with Crippen LogP contribution < -0.4 is 4.84 Å². The Labute approximate surface area is 76.0 Å². The van der Waals surface area contributed by atoms with Gasteiger partial charge in [-0.2, -0.15) is 0 Å². The van der Waals surface area contributed by atoms with Crippen molar-refractivity contribution < 1.29 is 14.7 Å². The van der Waals surface area contributed by atoms with Gasteiger partial charge in [-0.1, -0.05) is 6.92 Å². The summed E-state index contributed by atoms with van der Waals surface area (Å²) in [6.45, 7) is 1.74. The smallest absolute Gasteiger partial charge is 0.321 e. The van der Waals surface area contributed by atoms with Crippen LogP contribution in [-0.4, -0.2) is 22.9 Å². The summed E-state index contributed by atoms with van der Waals surface area (Å²) in [6, 6.07) is -0.831. The van der Waals surface area contributed by atoms with Gasteiger partial charge in [0.15, 0.2) is 0 Å². The van der Waals surface area contributed by atoms with E-state index in [1.54, 1.807) is 6.92 Å². The lowest BCUT2D eigenvalue weighted by atomic mass is 10.1. The van der Waals surface area contributed by atoms with Crippen molar-refractivity contribution in [1.82, 2.24) is 4.84 Å². The van der Waals surface area contributed by atoms with E-state index in [0.717, 1.165) is 0 Å². The van der Waals surface area contributed by atoms with E-state index in [4.69, 9.17) is 16.9 Å². The zero-order valence-electron chi connectivity index (χ0n) is 6.84. The Kier molecular flexibility index (Phi) is 5.66. The molecule has 2 N–H and O–H groups in total. The largest absolute Gasteiger partial charge is 0.480 e. The van der Waals surface area contributed by atoms with Crippen LogP contribution in [0.5, 0.6) is 0 Å². The van der Waals surface area contributed by atoms with Crippen LogP contribution in [0.2, 0.25) is 0 Å². The standard InChI is InChI=1S/C7H12ClNO3/c1-2-5(10)3-4-6(9-8)7(11)12/h6,9H,2-4H2,1H3,(H,11,12)/t6-/m0/s1. The first-order valence-electron chi connectivity index (χ1n) is 3.72. The molecule has 0 fully saturated rings. The lowest BCUT2D eigenvalue weighted by Gasteiger charge is -2.07. The Bertz CT molecular complexity index is 172. The molecular formula is C7H12ClNO3. The molecule has 0 aromatic heterocycles. The van der Waals surface area contributed by atoms with E-state index in [-0.39, 0.29) is 18.6 Å². The summed E-state index contributed by atoms with van der Waals surface area (Å²) >= 11 is 5.15. The van der Waals surface area contributed by atoms with Gasteiger partial charge in [-0.25, -0.2) is 4.84 Å². The number of carbonyl (C=O) groups is 2. The van der Waals surface area contributed by atoms with Crippen molar-refractivity contribution in [3.8, 4) is 0 Å². The average molecular weight is 194 g/mol. The molecule has 4 nitrogen and oxygen atoms in total. The van der Waals surface area contributed by atoms with Gasteiger partial charge in [-0.3, -0.25) is 9.59 Å². The number of rotatable bonds is 6. The highest BCUT2D eigenvalue weighted by atomic mass is 35.5. The van der Waals surface area contributed by atoms with E-state index in [1.807, 2.05) is 0 Å². The number of aliphatic carboxylic acids is 1. The summed E-state index contributed by atoms with van der Waals surface area (Å²) < 4.78 is 0. The summed E-state index contributed by atoms with van der Waals surface area (Å²) in [5.74, 6) is -0.984. The zero-order chi connectivity index (χ0) is 9.56. The fourth-order valence-electron chi connectivity index (χ4n) is 0.707. The Morgan fingerprint density at radius 3 is 2.50 bits per heavy atom. The van der Waals surface area contributed by atoms with Crippen LogP contribution in [0, 0.1) is 0 Å². The van der Waals surface area contributed by atoms with Gasteiger partial charge in [-0.15, -0.1) is 0 Å². The van der Waals surface area contributed by atoms with Crippen molar-refractivity contribution in [3.63, 3.8) is 0 Å². The van der Waals surface area contributed by atoms with Gasteiger partial charge in [0.25, 0.3) is 0 Å². The molecule has 0 aromatic carbocycles.